The van der Waals surface area contributed by atoms with Gasteiger partial charge in [0.1, 0.15) is 0 Å². The second-order valence-corrected chi connectivity index (χ2v) is 9.10. The van der Waals surface area contributed by atoms with Crippen molar-refractivity contribution in [2.24, 2.45) is 0 Å². The summed E-state index contributed by atoms with van der Waals surface area (Å²) in [6.45, 7) is 4.37. The van der Waals surface area contributed by atoms with E-state index in [2.05, 4.69) is 16.3 Å². The van der Waals surface area contributed by atoms with Crippen LogP contribution >= 0.6 is 23.5 Å². The Balaban J connectivity index is 1.46. The highest BCUT2D eigenvalue weighted by Crippen LogP contribution is 2.36. The molecule has 0 bridgehead atoms. The van der Waals surface area contributed by atoms with Gasteiger partial charge in [-0.15, -0.1) is 0 Å². The first-order chi connectivity index (χ1) is 14.5. The van der Waals surface area contributed by atoms with Gasteiger partial charge in [-0.2, -0.15) is 0 Å². The van der Waals surface area contributed by atoms with Crippen molar-refractivity contribution < 1.29 is 14.3 Å². The van der Waals surface area contributed by atoms with Gasteiger partial charge in [-0.1, -0.05) is 29.8 Å². The average Bonchev–Trinajstić information content (AvgIpc) is 2.76. The Kier molecular flexibility index (Phi) is 6.63. The molecule has 2 aliphatic rings. The third-order valence-corrected chi connectivity index (χ3v) is 6.70. The maximum Gasteiger partial charge on any atom is 0.243 e. The predicted molar refractivity (Wildman–Crippen MR) is 120 cm³/mol. The van der Waals surface area contributed by atoms with Crippen LogP contribution in [0.5, 0.6) is 0 Å². The van der Waals surface area contributed by atoms with Crippen LogP contribution in [0.15, 0.2) is 42.5 Å². The summed E-state index contributed by atoms with van der Waals surface area (Å²) < 4.78 is 7.31. The molecule has 2 aromatic carbocycles. The van der Waals surface area contributed by atoms with Crippen molar-refractivity contribution in [3.8, 4) is 0 Å². The number of hydrogen-bond donors (Lipinski definition) is 1. The second-order valence-electron chi connectivity index (χ2n) is 7.43. The molecule has 1 fully saturated rings. The number of nitrogens with zero attached hydrogens (tertiary/aromatic N) is 2. The normalized spacial score (nSPS) is 19.5. The second kappa shape index (κ2) is 9.39. The minimum absolute atomic E-state index is 0.148. The molecule has 158 valence electrons. The first-order valence-corrected chi connectivity index (χ1v) is 11.1. The summed E-state index contributed by atoms with van der Waals surface area (Å²) >= 11 is 7.15. The first kappa shape index (κ1) is 21.2. The number of halogens is 1. The monoisotopic (exact) mass is 445 g/mol. The maximum absolute atomic E-state index is 13.1. The van der Waals surface area contributed by atoms with E-state index in [1.54, 1.807) is 12.1 Å². The van der Waals surface area contributed by atoms with Gasteiger partial charge in [-0.05, 0) is 47.3 Å². The predicted octanol–water partition coefficient (Wildman–Crippen LogP) is 3.14. The largest absolute Gasteiger partial charge is 0.379 e. The van der Waals surface area contributed by atoms with Crippen LogP contribution in [-0.2, 0) is 22.6 Å². The zero-order valence-electron chi connectivity index (χ0n) is 16.8. The van der Waals surface area contributed by atoms with Crippen molar-refractivity contribution in [2.45, 2.75) is 18.3 Å². The van der Waals surface area contributed by atoms with Crippen LogP contribution in [0.2, 0.25) is 5.02 Å². The Hall–Kier alpha value is -2.06. The molecule has 1 saturated heterocycles. The van der Waals surface area contributed by atoms with E-state index < -0.39 is 5.25 Å². The number of amides is 1. The van der Waals surface area contributed by atoms with Crippen LogP contribution < -0.4 is 9.62 Å². The van der Waals surface area contributed by atoms with E-state index in [0.29, 0.717) is 17.1 Å². The number of morpholine rings is 1. The van der Waals surface area contributed by atoms with Crippen LogP contribution in [0.25, 0.3) is 0 Å². The number of benzene rings is 2. The first-order valence-electron chi connectivity index (χ1n) is 9.91. The minimum atomic E-state index is -0.798. The van der Waals surface area contributed by atoms with Gasteiger partial charge in [0, 0.05) is 43.8 Å². The Morgan fingerprint density at radius 1 is 1.17 bits per heavy atom. The van der Waals surface area contributed by atoms with Gasteiger partial charge in [0.15, 0.2) is 11.0 Å². The number of rotatable bonds is 5. The van der Waals surface area contributed by atoms with Gasteiger partial charge in [0.2, 0.25) is 5.91 Å². The van der Waals surface area contributed by atoms with Gasteiger partial charge < -0.3 is 14.4 Å². The van der Waals surface area contributed by atoms with E-state index in [0.717, 1.165) is 49.7 Å². The fraction of sp³-hybridized carbons (Fsp3) is 0.364. The summed E-state index contributed by atoms with van der Waals surface area (Å²) in [6, 6.07) is 13.2. The van der Waals surface area contributed by atoms with E-state index >= 15 is 0 Å². The van der Waals surface area contributed by atoms with Crippen LogP contribution in [0.4, 0.5) is 5.69 Å². The fourth-order valence-corrected chi connectivity index (χ4v) is 4.74. The average molecular weight is 446 g/mol. The topological polar surface area (TPSA) is 61.9 Å². The van der Waals surface area contributed by atoms with Crippen molar-refractivity contribution in [3.05, 3.63) is 64.2 Å². The Bertz CT molecular complexity index is 932. The molecular formula is C22H24ClN3O3S. The molecule has 1 amide bonds. The lowest BCUT2D eigenvalue weighted by Gasteiger charge is -2.31. The molecule has 1 atom stereocenters. The highest BCUT2D eigenvalue weighted by atomic mass is 35.5. The van der Waals surface area contributed by atoms with Gasteiger partial charge in [-0.25, -0.2) is 0 Å². The maximum atomic E-state index is 13.1. The molecule has 2 aliphatic heterocycles. The lowest BCUT2D eigenvalue weighted by Crippen LogP contribution is -2.42. The molecule has 2 heterocycles. The van der Waals surface area contributed by atoms with Gasteiger partial charge >= 0.3 is 0 Å². The lowest BCUT2D eigenvalue weighted by atomic mass is 10.0. The highest BCUT2D eigenvalue weighted by Gasteiger charge is 2.36. The SMILES string of the molecule is CN1SC(C(=O)NCc2ccc(Cl)cc2)C(=O)c2cc(CN3CCOCC3)ccc21. The number of fused-ring (bicyclic) bond motifs is 1. The van der Waals surface area contributed by atoms with Gasteiger partial charge in [-0.3, -0.25) is 14.5 Å². The smallest absolute Gasteiger partial charge is 0.243 e. The Morgan fingerprint density at radius 3 is 2.60 bits per heavy atom. The molecule has 0 saturated carbocycles. The molecule has 0 radical (unpaired) electrons. The van der Waals surface area contributed by atoms with Crippen molar-refractivity contribution in [3.63, 3.8) is 0 Å². The number of anilines is 1. The van der Waals surface area contributed by atoms with Crippen molar-refractivity contribution in [1.82, 2.24) is 10.2 Å². The van der Waals surface area contributed by atoms with E-state index in [1.807, 2.05) is 35.6 Å². The fourth-order valence-electron chi connectivity index (χ4n) is 3.63. The van der Waals surface area contributed by atoms with Crippen molar-refractivity contribution in [2.75, 3.05) is 37.7 Å². The molecule has 0 aromatic heterocycles. The third-order valence-electron chi connectivity index (χ3n) is 5.30. The molecule has 30 heavy (non-hydrogen) atoms. The molecule has 1 unspecified atom stereocenters. The molecular weight excluding hydrogens is 422 g/mol. The number of ketones is 1. The number of Topliss-reactive ketones (excluding diaryl/α,β-unsaturated/α-hetero) is 1. The number of nitrogens with one attached hydrogen (secondary N) is 1. The molecule has 4 rings (SSSR count). The Labute approximate surface area is 185 Å². The summed E-state index contributed by atoms with van der Waals surface area (Å²) in [5, 5.41) is 2.73. The molecule has 1 N–H and O–H groups in total. The number of carbonyl (C=O) groups is 2. The van der Waals surface area contributed by atoms with Crippen LogP contribution in [0, 0.1) is 0 Å². The van der Waals surface area contributed by atoms with Crippen LogP contribution in [0.3, 0.4) is 0 Å². The minimum Gasteiger partial charge on any atom is -0.379 e. The standard InChI is InChI=1S/C22H24ClN3O3S/c1-25-19-7-4-16(14-26-8-10-29-11-9-26)12-18(19)20(27)21(30-25)22(28)24-13-15-2-5-17(23)6-3-15/h2-7,12,21H,8-11,13-14H2,1H3,(H,24,28). The van der Waals surface area contributed by atoms with E-state index in [1.165, 1.54) is 11.9 Å². The Morgan fingerprint density at radius 2 is 1.87 bits per heavy atom. The summed E-state index contributed by atoms with van der Waals surface area (Å²) in [5.41, 5.74) is 3.46. The van der Waals surface area contributed by atoms with Crippen LogP contribution in [-0.4, -0.2) is 55.2 Å². The zero-order valence-corrected chi connectivity index (χ0v) is 18.3. The molecule has 6 nitrogen and oxygen atoms in total. The summed E-state index contributed by atoms with van der Waals surface area (Å²) in [4.78, 5) is 28.2. The highest BCUT2D eigenvalue weighted by molar-refractivity contribution is 8.02. The zero-order chi connectivity index (χ0) is 21.1. The van der Waals surface area contributed by atoms with E-state index in [-0.39, 0.29) is 11.7 Å². The van der Waals surface area contributed by atoms with Gasteiger partial charge in [0.05, 0.1) is 18.9 Å². The number of hydrogen-bond acceptors (Lipinski definition) is 6. The van der Waals surface area contributed by atoms with E-state index in [9.17, 15) is 9.59 Å². The number of ether oxygens (including phenoxy) is 1. The van der Waals surface area contributed by atoms with Crippen molar-refractivity contribution in [1.29, 1.82) is 0 Å². The summed E-state index contributed by atoms with van der Waals surface area (Å²) in [7, 11) is 1.89. The molecule has 0 spiro atoms. The number of carbonyl (C=O) groups excluding carboxylic acids is 2. The molecule has 8 heteroatoms. The van der Waals surface area contributed by atoms with Crippen molar-refractivity contribution >= 4 is 40.9 Å². The molecule has 0 aliphatic carbocycles. The summed E-state index contributed by atoms with van der Waals surface area (Å²) in [5.74, 6) is -0.429. The third kappa shape index (κ3) is 4.81. The van der Waals surface area contributed by atoms with Crippen LogP contribution in [0.1, 0.15) is 21.5 Å². The summed E-state index contributed by atoms with van der Waals surface area (Å²) in [6.07, 6.45) is 0. The molecule has 2 aromatic rings. The quantitative estimate of drug-likeness (QED) is 0.563. The lowest BCUT2D eigenvalue weighted by molar-refractivity contribution is -0.119. The van der Waals surface area contributed by atoms with Gasteiger partial charge in [0.25, 0.3) is 0 Å². The van der Waals surface area contributed by atoms with E-state index in [4.69, 9.17) is 16.3 Å².